The second kappa shape index (κ2) is 28.8. The molecule has 31 heteroatoms. The Hall–Kier alpha value is -7.04. The van der Waals surface area contributed by atoms with Gasteiger partial charge < -0.3 is 34.3 Å². The minimum atomic E-state index is -5.35. The number of primary amides is 6. The summed E-state index contributed by atoms with van der Waals surface area (Å²) in [7, 11) is -5.35. The summed E-state index contributed by atoms with van der Waals surface area (Å²) in [6.45, 7) is 21.3. The second-order valence-corrected chi connectivity index (χ2v) is 30.3. The number of hydrogen-bond acceptors (Lipinski definition) is 21. The van der Waals surface area contributed by atoms with Crippen LogP contribution in [-0.4, -0.2) is 144 Å². The van der Waals surface area contributed by atoms with E-state index >= 15 is 0 Å². The van der Waals surface area contributed by atoms with Gasteiger partial charge in [0.15, 0.2) is 6.23 Å². The Morgan fingerprint density at radius 1 is 0.833 bits per heavy atom. The average Bonchev–Trinajstić information content (AvgIpc) is 1.51. The third-order valence-electron chi connectivity index (χ3n) is 21.1. The fourth-order valence-corrected chi connectivity index (χ4v) is 18.0. The van der Waals surface area contributed by atoms with E-state index in [9.17, 15) is 58.5 Å². The number of nitriles is 1. The van der Waals surface area contributed by atoms with Crippen molar-refractivity contribution in [3.8, 4) is 5.00 Å². The molecule has 3 saturated heterocycles. The van der Waals surface area contributed by atoms with Gasteiger partial charge in [-0.1, -0.05) is 0 Å². The van der Waals surface area contributed by atoms with E-state index in [1.807, 2.05) is 53.7 Å². The van der Waals surface area contributed by atoms with Crippen LogP contribution in [0.2, 0.25) is 0 Å². The normalized spacial score (nSPS) is 33.3. The van der Waals surface area contributed by atoms with Gasteiger partial charge in [0.25, 0.3) is 7.82 Å². The third kappa shape index (κ3) is 14.7. The van der Waals surface area contributed by atoms with Crippen molar-refractivity contribution in [2.24, 2.45) is 94.7 Å². The van der Waals surface area contributed by atoms with E-state index in [4.69, 9.17) is 63.2 Å². The summed E-state index contributed by atoms with van der Waals surface area (Å²) in [5.41, 5.74) is 36.3. The van der Waals surface area contributed by atoms with E-state index in [2.05, 4.69) is 20.6 Å². The van der Waals surface area contributed by atoms with Crippen LogP contribution in [0.3, 0.4) is 0 Å². The summed E-state index contributed by atoms with van der Waals surface area (Å²) in [6.07, 6.45) is -5.38. The molecule has 29 nitrogen and oxygen atoms in total. The van der Waals surface area contributed by atoms with E-state index in [1.165, 1.54) is 30.9 Å². The van der Waals surface area contributed by atoms with Crippen molar-refractivity contribution in [3.63, 3.8) is 0 Å². The molecule has 7 aliphatic heterocycles. The van der Waals surface area contributed by atoms with Gasteiger partial charge in [-0.25, -0.2) is 4.98 Å². The van der Waals surface area contributed by atoms with E-state index < -0.39 is 143 Å². The van der Waals surface area contributed by atoms with Gasteiger partial charge in [-0.2, -0.15) is 0 Å². The number of phosphoric acid groups is 1. The molecule has 96 heavy (non-hydrogen) atoms. The van der Waals surface area contributed by atoms with Gasteiger partial charge in [0, 0.05) is 13.1 Å². The van der Waals surface area contributed by atoms with Crippen LogP contribution in [0.4, 0.5) is 0 Å². The molecule has 16 N–H and O–H groups in total. The maximum absolute atomic E-state index is 14.5. The van der Waals surface area contributed by atoms with Crippen molar-refractivity contribution < 1.29 is 81.9 Å². The number of rotatable bonds is 27. The number of aliphatic hydroxyl groups excluding tert-OH is 2. The Labute approximate surface area is 565 Å². The van der Waals surface area contributed by atoms with Crippen LogP contribution < -0.4 is 49.9 Å². The third-order valence-corrected chi connectivity index (χ3v) is 23.3. The van der Waals surface area contributed by atoms with E-state index in [0.717, 1.165) is 11.1 Å². The van der Waals surface area contributed by atoms with Crippen LogP contribution >= 0.6 is 7.82 Å². The number of benzene rings is 1. The number of aliphatic imine (C=N–C) groups is 3. The van der Waals surface area contributed by atoms with Crippen LogP contribution in [0.5, 0.6) is 0 Å². The minimum absolute atomic E-state index is 0.0111. The van der Waals surface area contributed by atoms with Crippen LogP contribution in [0, 0.1) is 69.4 Å². The molecule has 9 rings (SSSR count). The summed E-state index contributed by atoms with van der Waals surface area (Å²) in [5.74, 6) is -7.88. The number of nitrogens with zero attached hydrogens (tertiary/aromatic N) is 7. The molecule has 3 fully saturated rings. The molecule has 8 bridgehead atoms. The molecule has 2 aromatic rings. The number of carbonyl (C=O) groups excluding carboxylic acids is 7. The van der Waals surface area contributed by atoms with Gasteiger partial charge in [-0.15, -0.1) is 0 Å². The molecular weight excluding hydrogens is 1300 g/mol. The Morgan fingerprint density at radius 2 is 1.43 bits per heavy atom. The Balaban J connectivity index is 0.00000382. The number of amides is 7. The average molecular weight is 1400 g/mol. The molecule has 8 heterocycles. The zero-order valence-electron chi connectivity index (χ0n) is 56.4. The number of phosphoric ester groups is 1. The Kier molecular flexibility index (Phi) is 22.4. The standard InChI is InChI=1S/C62H90N13O14P.C2H5N.CN.Co/c1-29-20-39-40(21-30(29)2)75(28-70-39)57-52(84)53(41(27-76)87-57)89-90(85,86)88-31(3)26-69-49(83)18-19-59(8)37(22-46(66)80)56-62(11)61(10,25-48(68)82)36(14-17-45(65)79)51(74-62)33(5)55-60(9,24-47(67)81)34(12-15-43(63)77)38(71-55)23-42-58(6,7)35(13-16-44(64)78)50(72-42)32(4)54(59)73-56;1-2-3-1;1-2;/h20-21,23,28,31,34-37,41,52-53,56-57,76,84H,12-19,22,24-27H2,1-11H3,(H15,63,64,65,66,67,68,69,71,72,73,74,77,78,79,80,81,82,83,85,86);3H,1-2H2;;/q;;;+2/p-2/t31?,34-,35-,36-,37+,41-,52-,53-,56-,57+,59-,60+,61+,62+;;;/m1.../s1. The van der Waals surface area contributed by atoms with Crippen molar-refractivity contribution in [2.45, 2.75) is 189 Å². The molecule has 0 spiro atoms. The quantitative estimate of drug-likeness (QED) is 0.0453. The number of fused-ring (bicyclic) bond motifs is 7. The number of aromatic nitrogens is 2. The number of aryl methyl sites for hydroxylation is 2. The summed E-state index contributed by atoms with van der Waals surface area (Å²) in [4.78, 5) is 129. The van der Waals surface area contributed by atoms with Crippen molar-refractivity contribution in [3.05, 3.63) is 63.9 Å². The first-order valence-corrected chi connectivity index (χ1v) is 34.7. The van der Waals surface area contributed by atoms with Gasteiger partial charge in [-0.05, 0) is 37.1 Å². The zero-order valence-corrected chi connectivity index (χ0v) is 58.3. The Morgan fingerprint density at radius 3 is 1.99 bits per heavy atom. The van der Waals surface area contributed by atoms with Gasteiger partial charge in [0.05, 0.1) is 24.0 Å². The van der Waals surface area contributed by atoms with Crippen molar-refractivity contribution >= 4 is 77.3 Å². The summed E-state index contributed by atoms with van der Waals surface area (Å²) >= 11 is 0.0230. The van der Waals surface area contributed by atoms with Crippen LogP contribution in [-0.2, 0) is 66.8 Å². The van der Waals surface area contributed by atoms with Crippen molar-refractivity contribution in [2.75, 3.05) is 26.2 Å². The smallest absolute Gasteiger partial charge is 0.314 e. The molecule has 0 saturated carbocycles. The number of imidazole rings is 1. The first-order valence-electron chi connectivity index (χ1n) is 32.2. The topological polar surface area (TPSA) is 500 Å². The minimum Gasteiger partial charge on any atom is -0.314 e. The fraction of sp³-hybridized carbons (Fsp3) is 0.631. The number of nitrogens with two attached hydrogens (primary N) is 6. The molecule has 2 unspecified atom stereocenters. The van der Waals surface area contributed by atoms with Gasteiger partial charge in [-0.3, -0.25) is 4.57 Å². The molecule has 526 valence electrons. The van der Waals surface area contributed by atoms with Gasteiger partial charge in [0.1, 0.15) is 18.3 Å². The van der Waals surface area contributed by atoms with Crippen molar-refractivity contribution in [1.82, 2.24) is 24.1 Å². The van der Waals surface area contributed by atoms with Crippen LogP contribution in [0.15, 0.2) is 67.8 Å². The number of hydrogen-bond donors (Lipinski definition) is 10. The number of allylic oxidation sites excluding steroid dienone is 6. The van der Waals surface area contributed by atoms with E-state index in [-0.39, 0.29) is 92.1 Å². The number of aliphatic hydroxyl groups is 2. The van der Waals surface area contributed by atoms with E-state index in [0.29, 0.717) is 56.4 Å². The number of carbonyl (C=O) groups is 7. The monoisotopic (exact) mass is 1400 g/mol. The molecule has 0 aliphatic carbocycles. The van der Waals surface area contributed by atoms with Crippen LogP contribution in [0.25, 0.3) is 11.0 Å². The molecule has 1 aromatic heterocycles. The van der Waals surface area contributed by atoms with E-state index in [1.54, 1.807) is 37.7 Å². The first-order chi connectivity index (χ1) is 44.8. The number of ether oxygens (including phenoxy) is 1. The van der Waals surface area contributed by atoms with Gasteiger partial charge >= 0.3 is 417 Å². The molecule has 1 aromatic carbocycles. The first kappa shape index (κ1) is 74.7. The van der Waals surface area contributed by atoms with Gasteiger partial charge in [0.2, 0.25) is 0 Å². The molecule has 0 radical (unpaired) electrons. The SMILES string of the molecule is C/C1=C2N=C(/C=C3N=C(/C(C)=C4/[C@@H](CCC(N)=O)[C@](C)(CC(N)=O)[C@](C)([C@@H]5N=C1[C@](C)(CCC(=O)NCC(C)OP(=O)([O-])O[C@H]1[C@@H](O)[C@@H](n6cnc7cc(C)c(C)cc76)O[C@@H]1CO)[C@H]5CC(N)=O)[N]4[Co+][C]#N)[C@@](C)(CC(N)=O)[C@@H]\3CCC(N)=O)C(C)(C)[C@@H]/2CCC(N)=O.C1CN1. The zero-order chi connectivity index (χ0) is 71.1. The number of nitrogens with one attached hydrogen (secondary N) is 2. The molecule has 7 aliphatic rings. The predicted octanol–water partition coefficient (Wildman–Crippen LogP) is 2.31. The summed E-state index contributed by atoms with van der Waals surface area (Å²) in [6, 6.07) is 2.56. The molecule has 7 amide bonds. The van der Waals surface area contributed by atoms with Crippen LogP contribution in [0.1, 0.15) is 150 Å². The fourth-order valence-electron chi connectivity index (χ4n) is 15.7. The second-order valence-electron chi connectivity index (χ2n) is 28.0. The molecular formula is C65H93CoN15O14P. The summed E-state index contributed by atoms with van der Waals surface area (Å²) in [5, 5.41) is 40.9. The Bertz CT molecular complexity index is 3760. The van der Waals surface area contributed by atoms with Crippen molar-refractivity contribution in [1.29, 1.82) is 5.26 Å². The summed E-state index contributed by atoms with van der Waals surface area (Å²) < 4.78 is 33.7. The predicted molar refractivity (Wildman–Crippen MR) is 349 cm³/mol. The maximum atomic E-state index is 14.5. The molecule has 15 atom stereocenters.